The van der Waals surface area contributed by atoms with E-state index in [2.05, 4.69) is 36.4 Å². The van der Waals surface area contributed by atoms with Gasteiger partial charge in [-0.15, -0.1) is 10.2 Å². The minimum atomic E-state index is -0.387. The van der Waals surface area contributed by atoms with Crippen LogP contribution in [0.2, 0.25) is 0 Å². The van der Waals surface area contributed by atoms with Crippen LogP contribution in [0.1, 0.15) is 0 Å². The average molecular weight is 465 g/mol. The Morgan fingerprint density at radius 1 is 1.26 bits per heavy atom. The van der Waals surface area contributed by atoms with Gasteiger partial charge in [0.1, 0.15) is 5.82 Å². The lowest BCUT2D eigenvalue weighted by molar-refractivity contribution is -0.113. The van der Waals surface area contributed by atoms with Crippen LogP contribution in [0.3, 0.4) is 0 Å². The molecule has 136 valence electrons. The molecular formula is C17H10BrFN4O2S2. The number of rotatable bonds is 5. The number of carbonyl (C=O) groups is 1. The summed E-state index contributed by atoms with van der Waals surface area (Å²) in [6, 6.07) is 11.6. The van der Waals surface area contributed by atoms with Crippen LogP contribution in [-0.2, 0) is 4.79 Å². The predicted octanol–water partition coefficient (Wildman–Crippen LogP) is 4.98. The molecule has 0 aliphatic carbocycles. The molecule has 27 heavy (non-hydrogen) atoms. The zero-order chi connectivity index (χ0) is 18.8. The number of hydrogen-bond acceptors (Lipinski definition) is 7. The van der Waals surface area contributed by atoms with E-state index in [0.29, 0.717) is 10.7 Å². The molecular weight excluding hydrogens is 455 g/mol. The third kappa shape index (κ3) is 4.34. The van der Waals surface area contributed by atoms with Crippen molar-refractivity contribution in [2.45, 2.75) is 5.22 Å². The molecule has 0 aliphatic heterocycles. The van der Waals surface area contributed by atoms with E-state index < -0.39 is 0 Å². The van der Waals surface area contributed by atoms with E-state index in [9.17, 15) is 9.18 Å². The van der Waals surface area contributed by atoms with Crippen LogP contribution in [0, 0.1) is 5.82 Å². The van der Waals surface area contributed by atoms with Gasteiger partial charge in [-0.1, -0.05) is 45.1 Å². The summed E-state index contributed by atoms with van der Waals surface area (Å²) >= 11 is 5.91. The lowest BCUT2D eigenvalue weighted by atomic mass is 10.2. The van der Waals surface area contributed by atoms with Crippen LogP contribution in [0.15, 0.2) is 56.6 Å². The number of thioether (sulfide) groups is 1. The second-order valence-electron chi connectivity index (χ2n) is 5.35. The third-order valence-electron chi connectivity index (χ3n) is 3.40. The van der Waals surface area contributed by atoms with Gasteiger partial charge < -0.3 is 9.73 Å². The third-order valence-corrected chi connectivity index (χ3v) is 5.65. The molecule has 1 N–H and O–H groups in total. The maximum Gasteiger partial charge on any atom is 0.277 e. The van der Waals surface area contributed by atoms with Gasteiger partial charge in [0, 0.05) is 10.0 Å². The molecule has 0 spiro atoms. The summed E-state index contributed by atoms with van der Waals surface area (Å²) in [5.41, 5.74) is 1.31. The van der Waals surface area contributed by atoms with Gasteiger partial charge in [-0.2, -0.15) is 0 Å². The van der Waals surface area contributed by atoms with Gasteiger partial charge in [0.25, 0.3) is 5.22 Å². The van der Waals surface area contributed by atoms with Crippen molar-refractivity contribution in [3.8, 4) is 11.5 Å². The maximum atomic E-state index is 13.3. The molecule has 4 rings (SSSR count). The van der Waals surface area contributed by atoms with Gasteiger partial charge in [-0.25, -0.2) is 9.37 Å². The van der Waals surface area contributed by atoms with E-state index in [-0.39, 0.29) is 28.6 Å². The molecule has 0 radical (unpaired) electrons. The lowest BCUT2D eigenvalue weighted by Crippen LogP contribution is -2.13. The number of halogens is 2. The van der Waals surface area contributed by atoms with Gasteiger partial charge in [0.2, 0.25) is 11.8 Å². The van der Waals surface area contributed by atoms with E-state index in [4.69, 9.17) is 4.42 Å². The van der Waals surface area contributed by atoms with Crippen LogP contribution in [-0.4, -0.2) is 26.8 Å². The van der Waals surface area contributed by atoms with Crippen molar-refractivity contribution in [1.29, 1.82) is 0 Å². The summed E-state index contributed by atoms with van der Waals surface area (Å²) in [7, 11) is 0. The van der Waals surface area contributed by atoms with Crippen LogP contribution in [0.4, 0.5) is 9.52 Å². The van der Waals surface area contributed by atoms with Crippen molar-refractivity contribution in [3.63, 3.8) is 0 Å². The predicted molar refractivity (Wildman–Crippen MR) is 106 cm³/mol. The van der Waals surface area contributed by atoms with E-state index in [1.54, 1.807) is 12.1 Å². The highest BCUT2D eigenvalue weighted by atomic mass is 79.9. The smallest absolute Gasteiger partial charge is 0.277 e. The molecule has 2 aromatic heterocycles. The first kappa shape index (κ1) is 18.1. The van der Waals surface area contributed by atoms with Crippen LogP contribution < -0.4 is 5.32 Å². The Labute approximate surface area is 169 Å². The Bertz CT molecular complexity index is 1130. The summed E-state index contributed by atoms with van der Waals surface area (Å²) in [6.45, 7) is 0. The summed E-state index contributed by atoms with van der Waals surface area (Å²) in [5.74, 6) is -0.329. The first-order valence-corrected chi connectivity index (χ1v) is 10.2. The number of nitrogens with one attached hydrogen (secondary N) is 1. The molecule has 2 heterocycles. The molecule has 2 aromatic carbocycles. The normalized spacial score (nSPS) is 11.0. The van der Waals surface area contributed by atoms with Crippen molar-refractivity contribution >= 4 is 60.3 Å². The molecule has 0 bridgehead atoms. The Hall–Kier alpha value is -2.30. The highest BCUT2D eigenvalue weighted by molar-refractivity contribution is 9.10. The largest absolute Gasteiger partial charge is 0.411 e. The number of nitrogens with zero attached hydrogens (tertiary/aromatic N) is 3. The molecule has 0 unspecified atom stereocenters. The molecule has 0 atom stereocenters. The van der Waals surface area contributed by atoms with Crippen LogP contribution in [0.25, 0.3) is 21.7 Å². The van der Waals surface area contributed by atoms with Crippen molar-refractivity contribution in [1.82, 2.24) is 15.2 Å². The molecule has 0 aliphatic rings. The standard InChI is InChI=1S/C17H10BrFN4O2S2/c18-10-4-5-12-13(7-10)27-16(20-12)21-14(24)8-26-17-23-22-15(25-17)9-2-1-3-11(19)6-9/h1-7H,8H2,(H,20,21,24). The second-order valence-corrected chi connectivity index (χ2v) is 8.22. The number of benzene rings is 2. The number of fused-ring (bicyclic) bond motifs is 1. The molecule has 1 amide bonds. The monoisotopic (exact) mass is 464 g/mol. The number of anilines is 1. The fraction of sp³-hybridized carbons (Fsp3) is 0.0588. The minimum absolute atomic E-state index is 0.0877. The van der Waals surface area contributed by atoms with E-state index in [0.717, 1.165) is 26.5 Å². The van der Waals surface area contributed by atoms with Crippen molar-refractivity contribution in [3.05, 3.63) is 52.8 Å². The Morgan fingerprint density at radius 2 is 2.15 bits per heavy atom. The van der Waals surface area contributed by atoms with Crippen LogP contribution >= 0.6 is 39.0 Å². The molecule has 0 saturated heterocycles. The number of aromatic nitrogens is 3. The Balaban J connectivity index is 1.37. The molecule has 6 nitrogen and oxygen atoms in total. The summed E-state index contributed by atoms with van der Waals surface area (Å²) in [6.07, 6.45) is 0. The van der Waals surface area contributed by atoms with Gasteiger partial charge >= 0.3 is 0 Å². The first-order chi connectivity index (χ1) is 13.1. The van der Waals surface area contributed by atoms with Gasteiger partial charge in [-0.3, -0.25) is 4.79 Å². The number of amides is 1. The number of thiazole rings is 1. The first-order valence-electron chi connectivity index (χ1n) is 7.65. The number of carbonyl (C=O) groups excluding carboxylic acids is 1. The summed E-state index contributed by atoms with van der Waals surface area (Å²) in [4.78, 5) is 16.5. The Morgan fingerprint density at radius 3 is 3.00 bits per heavy atom. The van der Waals surface area contributed by atoms with Gasteiger partial charge in [-0.05, 0) is 36.4 Å². The SMILES string of the molecule is O=C(CSc1nnc(-c2cccc(F)c2)o1)Nc1nc2ccc(Br)cc2s1. The lowest BCUT2D eigenvalue weighted by Gasteiger charge is -1.98. The fourth-order valence-electron chi connectivity index (χ4n) is 2.24. The van der Waals surface area contributed by atoms with E-state index >= 15 is 0 Å². The molecule has 4 aromatic rings. The quantitative estimate of drug-likeness (QED) is 0.419. The topological polar surface area (TPSA) is 80.9 Å². The zero-order valence-corrected chi connectivity index (χ0v) is 16.7. The van der Waals surface area contributed by atoms with Gasteiger partial charge in [0.15, 0.2) is 5.13 Å². The van der Waals surface area contributed by atoms with Crippen molar-refractivity contribution in [2.24, 2.45) is 0 Å². The average Bonchev–Trinajstić information content (AvgIpc) is 3.26. The maximum absolute atomic E-state index is 13.3. The summed E-state index contributed by atoms with van der Waals surface area (Å²) < 4.78 is 20.7. The zero-order valence-electron chi connectivity index (χ0n) is 13.5. The fourth-order valence-corrected chi connectivity index (χ4v) is 4.24. The minimum Gasteiger partial charge on any atom is -0.411 e. The van der Waals surface area contributed by atoms with E-state index in [1.165, 1.54) is 23.5 Å². The second kappa shape index (κ2) is 7.75. The van der Waals surface area contributed by atoms with Crippen LogP contribution in [0.5, 0.6) is 0 Å². The molecule has 10 heteroatoms. The van der Waals surface area contributed by atoms with Crippen molar-refractivity contribution < 1.29 is 13.6 Å². The van der Waals surface area contributed by atoms with Crippen molar-refractivity contribution in [2.75, 3.05) is 11.1 Å². The van der Waals surface area contributed by atoms with Gasteiger partial charge in [0.05, 0.1) is 16.0 Å². The molecule has 0 saturated carbocycles. The number of hydrogen-bond donors (Lipinski definition) is 1. The summed E-state index contributed by atoms with van der Waals surface area (Å²) in [5, 5.41) is 11.3. The van der Waals surface area contributed by atoms with E-state index in [1.807, 2.05) is 18.2 Å². The molecule has 0 fully saturated rings. The highest BCUT2D eigenvalue weighted by Crippen LogP contribution is 2.29. The Kier molecular flexibility index (Phi) is 5.19. The highest BCUT2D eigenvalue weighted by Gasteiger charge is 2.13.